The Morgan fingerprint density at radius 3 is 2.44 bits per heavy atom. The van der Waals surface area contributed by atoms with Crippen molar-refractivity contribution in [2.24, 2.45) is 5.92 Å². The van der Waals surface area contributed by atoms with Crippen LogP contribution in [0.2, 0.25) is 0 Å². The summed E-state index contributed by atoms with van der Waals surface area (Å²) in [6, 6.07) is 17.9. The van der Waals surface area contributed by atoms with Crippen molar-refractivity contribution < 1.29 is 19.4 Å². The summed E-state index contributed by atoms with van der Waals surface area (Å²) in [7, 11) is 0. The van der Waals surface area contributed by atoms with Crippen molar-refractivity contribution in [3.8, 4) is 5.88 Å². The number of carboxylic acid groups (broad SMARTS) is 1. The molecule has 0 radical (unpaired) electrons. The summed E-state index contributed by atoms with van der Waals surface area (Å²) in [4.78, 5) is 35.0. The van der Waals surface area contributed by atoms with Gasteiger partial charge in [0.25, 0.3) is 5.91 Å². The number of carboxylic acids is 1. The molecule has 2 aromatic carbocycles. The Morgan fingerprint density at radius 1 is 1.03 bits per heavy atom. The van der Waals surface area contributed by atoms with E-state index in [0.717, 1.165) is 36.9 Å². The Bertz CT molecular complexity index is 1240. The maximum Gasteiger partial charge on any atom is 0.303 e. The highest BCUT2D eigenvalue weighted by Crippen LogP contribution is 2.38. The van der Waals surface area contributed by atoms with Crippen LogP contribution in [-0.2, 0) is 11.2 Å². The largest absolute Gasteiger partial charge is 0.481 e. The molecule has 1 aliphatic carbocycles. The minimum atomic E-state index is -0.714. The number of benzene rings is 2. The summed E-state index contributed by atoms with van der Waals surface area (Å²) in [5, 5.41) is 9.04. The van der Waals surface area contributed by atoms with E-state index >= 15 is 0 Å². The number of rotatable bonds is 6. The normalized spacial score (nSPS) is 19.8. The molecule has 0 unspecified atom stereocenters. The molecule has 0 saturated heterocycles. The average molecular weight is 487 g/mol. The monoisotopic (exact) mass is 486 g/mol. The maximum absolute atomic E-state index is 13.5. The lowest BCUT2D eigenvalue weighted by Gasteiger charge is -2.28. The van der Waals surface area contributed by atoms with Gasteiger partial charge in [0.2, 0.25) is 5.88 Å². The molecule has 2 heterocycles. The van der Waals surface area contributed by atoms with Gasteiger partial charge in [0, 0.05) is 18.5 Å². The number of nitrogens with two attached hydrogens (primary N) is 1. The first-order valence-corrected chi connectivity index (χ1v) is 12.4. The first-order valence-electron chi connectivity index (χ1n) is 12.4. The number of hydrogen-bond acceptors (Lipinski definition) is 6. The minimum absolute atomic E-state index is 0.123. The van der Waals surface area contributed by atoms with Crippen LogP contribution in [-0.4, -0.2) is 40.1 Å². The van der Waals surface area contributed by atoms with Crippen molar-refractivity contribution in [3.05, 3.63) is 77.1 Å². The zero-order valence-electron chi connectivity index (χ0n) is 20.1. The average Bonchev–Trinajstić information content (AvgIpc) is 3.04. The standard InChI is InChI=1S/C28H30N4O4/c29-26-25-27(31-23(30-26)16-18-4-2-1-3-5-18)36-15-14-32(28(25)35)22-12-10-21(11-13-22)20-8-6-19(7-9-20)17-24(33)34/h1-5,10-13,19-20H,6-9,14-17H2,(H,33,34)(H2,29,30,31). The van der Waals surface area contributed by atoms with E-state index in [0.29, 0.717) is 31.3 Å². The molecular formula is C28H30N4O4. The predicted octanol–water partition coefficient (Wildman–Crippen LogP) is 4.44. The van der Waals surface area contributed by atoms with E-state index in [9.17, 15) is 9.59 Å². The fraction of sp³-hybridized carbons (Fsp3) is 0.357. The molecule has 1 saturated carbocycles. The Labute approximate surface area is 210 Å². The number of hydrogen-bond donors (Lipinski definition) is 2. The molecule has 3 aromatic rings. The van der Waals surface area contributed by atoms with Gasteiger partial charge in [0.05, 0.1) is 6.54 Å². The van der Waals surface area contributed by atoms with Gasteiger partial charge < -0.3 is 20.5 Å². The number of anilines is 2. The van der Waals surface area contributed by atoms with E-state index in [1.807, 2.05) is 42.5 Å². The first kappa shape index (κ1) is 23.8. The smallest absolute Gasteiger partial charge is 0.303 e. The summed E-state index contributed by atoms with van der Waals surface area (Å²) in [5.74, 6) is 0.574. The van der Waals surface area contributed by atoms with Gasteiger partial charge in [-0.05, 0) is 60.8 Å². The van der Waals surface area contributed by atoms with E-state index in [-0.39, 0.29) is 35.5 Å². The SMILES string of the molecule is Nc1nc(Cc2ccccc2)nc2c1C(=O)N(c1ccc(C3CCC(CC(=O)O)CC3)cc1)CCO2. The van der Waals surface area contributed by atoms with E-state index in [2.05, 4.69) is 22.1 Å². The Morgan fingerprint density at radius 2 is 1.75 bits per heavy atom. The number of fused-ring (bicyclic) bond motifs is 1. The van der Waals surface area contributed by atoms with Crippen LogP contribution in [0, 0.1) is 5.92 Å². The second-order valence-corrected chi connectivity index (χ2v) is 9.58. The number of aromatic nitrogens is 2. The van der Waals surface area contributed by atoms with Crippen LogP contribution in [0.4, 0.5) is 11.5 Å². The van der Waals surface area contributed by atoms with Gasteiger partial charge in [-0.2, -0.15) is 4.98 Å². The molecule has 0 spiro atoms. The molecule has 8 heteroatoms. The van der Waals surface area contributed by atoms with Crippen molar-refractivity contribution in [1.82, 2.24) is 9.97 Å². The van der Waals surface area contributed by atoms with E-state index in [1.165, 1.54) is 5.56 Å². The number of amides is 1. The van der Waals surface area contributed by atoms with Crippen LogP contribution in [0.1, 0.15) is 65.3 Å². The molecule has 3 N–H and O–H groups in total. The molecule has 5 rings (SSSR count). The third-order valence-corrected chi connectivity index (χ3v) is 7.15. The summed E-state index contributed by atoms with van der Waals surface area (Å²) in [5.41, 5.74) is 9.49. The van der Waals surface area contributed by atoms with E-state index < -0.39 is 5.97 Å². The molecule has 1 fully saturated rings. The third-order valence-electron chi connectivity index (χ3n) is 7.15. The summed E-state index contributed by atoms with van der Waals surface area (Å²) >= 11 is 0. The van der Waals surface area contributed by atoms with Crippen molar-refractivity contribution in [2.75, 3.05) is 23.8 Å². The molecule has 1 aromatic heterocycles. The highest BCUT2D eigenvalue weighted by Gasteiger charge is 2.30. The molecule has 0 bridgehead atoms. The lowest BCUT2D eigenvalue weighted by atomic mass is 9.77. The molecule has 8 nitrogen and oxygen atoms in total. The summed E-state index contributed by atoms with van der Waals surface area (Å²) in [6.45, 7) is 0.678. The van der Waals surface area contributed by atoms with Crippen LogP contribution < -0.4 is 15.4 Å². The number of carbonyl (C=O) groups is 2. The zero-order chi connectivity index (χ0) is 25.1. The molecule has 36 heavy (non-hydrogen) atoms. The number of ether oxygens (including phenoxy) is 1. The summed E-state index contributed by atoms with van der Waals surface area (Å²) in [6.07, 6.45) is 4.60. The van der Waals surface area contributed by atoms with Crippen LogP contribution in [0.3, 0.4) is 0 Å². The second kappa shape index (κ2) is 10.4. The lowest BCUT2D eigenvalue weighted by molar-refractivity contribution is -0.138. The van der Waals surface area contributed by atoms with Gasteiger partial charge in [-0.25, -0.2) is 4.98 Å². The van der Waals surface area contributed by atoms with Crippen molar-refractivity contribution in [3.63, 3.8) is 0 Å². The number of nitrogens with zero attached hydrogens (tertiary/aromatic N) is 3. The topological polar surface area (TPSA) is 119 Å². The van der Waals surface area contributed by atoms with Gasteiger partial charge in [-0.3, -0.25) is 9.59 Å². The molecule has 2 aliphatic rings. The number of aliphatic carboxylic acids is 1. The van der Waals surface area contributed by atoms with Crippen molar-refractivity contribution in [2.45, 2.75) is 44.4 Å². The minimum Gasteiger partial charge on any atom is -0.481 e. The predicted molar refractivity (Wildman–Crippen MR) is 136 cm³/mol. The van der Waals surface area contributed by atoms with Crippen LogP contribution in [0.25, 0.3) is 0 Å². The zero-order valence-corrected chi connectivity index (χ0v) is 20.1. The van der Waals surface area contributed by atoms with E-state index in [4.69, 9.17) is 15.6 Å². The van der Waals surface area contributed by atoms with E-state index in [1.54, 1.807) is 4.90 Å². The molecule has 1 aliphatic heterocycles. The molecule has 0 atom stereocenters. The Kier molecular flexibility index (Phi) is 6.84. The summed E-state index contributed by atoms with van der Waals surface area (Å²) < 4.78 is 5.85. The Hall–Kier alpha value is -3.94. The highest BCUT2D eigenvalue weighted by atomic mass is 16.5. The fourth-order valence-electron chi connectivity index (χ4n) is 5.26. The molecular weight excluding hydrogens is 456 g/mol. The van der Waals surface area contributed by atoms with Crippen molar-refractivity contribution in [1.29, 1.82) is 0 Å². The lowest BCUT2D eigenvalue weighted by Crippen LogP contribution is -2.32. The van der Waals surface area contributed by atoms with Gasteiger partial charge in [-0.15, -0.1) is 0 Å². The number of carbonyl (C=O) groups excluding carboxylic acids is 1. The van der Waals surface area contributed by atoms with Crippen LogP contribution >= 0.6 is 0 Å². The van der Waals surface area contributed by atoms with Gasteiger partial charge in [0.15, 0.2) is 0 Å². The van der Waals surface area contributed by atoms with Crippen molar-refractivity contribution >= 4 is 23.4 Å². The van der Waals surface area contributed by atoms with Gasteiger partial charge in [-0.1, -0.05) is 42.5 Å². The third kappa shape index (κ3) is 5.17. The van der Waals surface area contributed by atoms with Gasteiger partial charge in [0.1, 0.15) is 23.8 Å². The molecule has 186 valence electrons. The number of nitrogen functional groups attached to an aromatic ring is 1. The quantitative estimate of drug-likeness (QED) is 0.529. The van der Waals surface area contributed by atoms with Crippen LogP contribution in [0.5, 0.6) is 5.88 Å². The first-order chi connectivity index (χ1) is 17.5. The highest BCUT2D eigenvalue weighted by molar-refractivity contribution is 6.10. The maximum atomic E-state index is 13.5. The van der Waals surface area contributed by atoms with Gasteiger partial charge >= 0.3 is 5.97 Å². The molecule has 1 amide bonds. The second-order valence-electron chi connectivity index (χ2n) is 9.58. The fourth-order valence-corrected chi connectivity index (χ4v) is 5.26. The Balaban J connectivity index is 1.31. The van der Waals surface area contributed by atoms with Crippen LogP contribution in [0.15, 0.2) is 54.6 Å².